The number of amides is 1. The van der Waals surface area contributed by atoms with Crippen LogP contribution in [0.25, 0.3) is 11.0 Å². The Balaban J connectivity index is 1.35. The minimum Gasteiger partial charge on any atom is -0.460 e. The Kier molecular flexibility index (Phi) is 9.91. The number of nitrogens with one attached hydrogen (secondary N) is 1. The second-order valence-corrected chi connectivity index (χ2v) is 13.7. The van der Waals surface area contributed by atoms with E-state index in [2.05, 4.69) is 21.2 Å². The number of ether oxygens (including phenoxy) is 3. The molecule has 2 aromatic carbocycles. The van der Waals surface area contributed by atoms with E-state index >= 15 is 0 Å². The van der Waals surface area contributed by atoms with Crippen molar-refractivity contribution in [1.82, 2.24) is 9.62 Å². The lowest BCUT2D eigenvalue weighted by molar-refractivity contribution is -0.0907. The summed E-state index contributed by atoms with van der Waals surface area (Å²) in [4.78, 5) is 13.1. The number of sulfonamides is 1. The van der Waals surface area contributed by atoms with Crippen molar-refractivity contribution in [3.63, 3.8) is 0 Å². The number of rotatable bonds is 12. The molecule has 0 bridgehead atoms. The van der Waals surface area contributed by atoms with E-state index in [1.165, 1.54) is 10.4 Å². The second-order valence-electron chi connectivity index (χ2n) is 11.2. The number of halogens is 1. The molecule has 2 fully saturated rings. The summed E-state index contributed by atoms with van der Waals surface area (Å²) >= 11 is 3.36. The van der Waals surface area contributed by atoms with Crippen LogP contribution in [0.3, 0.4) is 0 Å². The molecule has 3 aromatic rings. The van der Waals surface area contributed by atoms with Gasteiger partial charge in [0.25, 0.3) is 0 Å². The molecule has 0 spiro atoms. The number of carbonyl (C=O) groups excluding carboxylic acids is 1. The number of hydrogen-bond acceptors (Lipinski definition) is 8. The lowest BCUT2D eigenvalue weighted by atomic mass is 10.0. The molecule has 2 N–H and O–H groups in total. The molecule has 2 aliphatic heterocycles. The number of hydrogen-bond donors (Lipinski definition) is 2. The van der Waals surface area contributed by atoms with Crippen LogP contribution in [-0.2, 0) is 36.0 Å². The lowest BCUT2D eigenvalue weighted by Gasteiger charge is -2.31. The third kappa shape index (κ3) is 7.17. The number of alkyl carbamates (subject to hydrolysis) is 1. The summed E-state index contributed by atoms with van der Waals surface area (Å²) < 4.78 is 51.6. The standard InChI is InChI=1S/C30H37BrN2O8S/c1-19(2)16-33(42(36,37)23-8-9-27-21(14-23)13-22(15-31)40-27)17-26(34)25(12-20-6-4-3-5-7-20)32-30(35)41-28-18-39-29-24(28)10-11-38-29/h3-9,13-14,19,24-26,28-29,34H,10-12,15-18H2,1-2H3,(H,32,35)/t24-,25-,26+,28-,29+/m0/s1. The molecule has 2 saturated heterocycles. The van der Waals surface area contributed by atoms with Gasteiger partial charge in [-0.15, -0.1) is 0 Å². The van der Waals surface area contributed by atoms with E-state index in [-0.39, 0.29) is 49.1 Å². The van der Waals surface area contributed by atoms with Gasteiger partial charge in [-0.3, -0.25) is 0 Å². The molecule has 10 nitrogen and oxygen atoms in total. The van der Waals surface area contributed by atoms with Crippen LogP contribution in [0, 0.1) is 11.8 Å². The molecule has 5 rings (SSSR count). The quantitative estimate of drug-likeness (QED) is 0.272. The van der Waals surface area contributed by atoms with Gasteiger partial charge in [-0.05, 0) is 48.6 Å². The first-order chi connectivity index (χ1) is 20.1. The fraction of sp³-hybridized carbons (Fsp3) is 0.500. The molecule has 0 radical (unpaired) electrons. The molecule has 2 aliphatic rings. The zero-order valence-electron chi connectivity index (χ0n) is 23.6. The molecule has 5 atom stereocenters. The SMILES string of the molecule is CC(C)CN(C[C@@H](O)[C@H](Cc1ccccc1)NC(=O)O[C@H]1CO[C@H]2OCC[C@H]21)S(=O)(=O)c1ccc2oc(CBr)cc2c1. The minimum absolute atomic E-state index is 0.0147. The summed E-state index contributed by atoms with van der Waals surface area (Å²) in [6.45, 7) is 4.58. The normalized spacial score (nSPS) is 22.0. The highest BCUT2D eigenvalue weighted by molar-refractivity contribution is 9.08. The molecule has 3 heterocycles. The maximum Gasteiger partial charge on any atom is 0.407 e. The Bertz CT molecular complexity index is 1460. The van der Waals surface area contributed by atoms with Crippen molar-refractivity contribution in [3.05, 3.63) is 65.9 Å². The first-order valence-corrected chi connectivity index (χ1v) is 16.7. The van der Waals surface area contributed by atoms with Gasteiger partial charge in [0, 0.05) is 18.5 Å². The molecular formula is C30H37BrN2O8S. The molecule has 1 amide bonds. The third-order valence-corrected chi connectivity index (χ3v) is 9.96. The highest BCUT2D eigenvalue weighted by Crippen LogP contribution is 2.33. The van der Waals surface area contributed by atoms with E-state index in [1.54, 1.807) is 18.2 Å². The number of alkyl halides is 1. The zero-order chi connectivity index (χ0) is 29.9. The summed E-state index contributed by atoms with van der Waals surface area (Å²) in [6, 6.07) is 15.1. The fourth-order valence-corrected chi connectivity index (χ4v) is 7.42. The van der Waals surface area contributed by atoms with Crippen LogP contribution >= 0.6 is 15.9 Å². The van der Waals surface area contributed by atoms with Crippen LogP contribution in [0.15, 0.2) is 63.9 Å². The van der Waals surface area contributed by atoms with E-state index in [4.69, 9.17) is 18.6 Å². The zero-order valence-corrected chi connectivity index (χ0v) is 26.1. The first kappa shape index (κ1) is 31.0. The highest BCUT2D eigenvalue weighted by atomic mass is 79.9. The number of fused-ring (bicyclic) bond motifs is 2. The maximum atomic E-state index is 13.9. The van der Waals surface area contributed by atoms with Gasteiger partial charge in [0.05, 0.1) is 41.5 Å². The van der Waals surface area contributed by atoms with Crippen molar-refractivity contribution in [1.29, 1.82) is 0 Å². The molecule has 228 valence electrons. The minimum atomic E-state index is -4.00. The topological polar surface area (TPSA) is 128 Å². The number of aliphatic hydroxyl groups excluding tert-OH is 1. The second kappa shape index (κ2) is 13.4. The molecule has 0 unspecified atom stereocenters. The number of furan rings is 1. The Labute approximate surface area is 254 Å². The van der Waals surface area contributed by atoms with Gasteiger partial charge in [-0.1, -0.05) is 60.1 Å². The Morgan fingerprint density at radius 1 is 1.14 bits per heavy atom. The van der Waals surface area contributed by atoms with Crippen molar-refractivity contribution >= 4 is 43.0 Å². The van der Waals surface area contributed by atoms with Crippen LogP contribution in [0.4, 0.5) is 4.79 Å². The number of carbonyl (C=O) groups is 1. The summed E-state index contributed by atoms with van der Waals surface area (Å²) in [7, 11) is -4.00. The molecule has 0 saturated carbocycles. The van der Waals surface area contributed by atoms with E-state index in [0.29, 0.717) is 28.7 Å². The summed E-state index contributed by atoms with van der Waals surface area (Å²) in [6.07, 6.45) is -1.72. The summed E-state index contributed by atoms with van der Waals surface area (Å²) in [5.41, 5.74) is 1.47. The van der Waals surface area contributed by atoms with Gasteiger partial charge in [0.15, 0.2) is 6.29 Å². The Hall–Kier alpha value is -2.48. The average Bonchev–Trinajstić information content (AvgIpc) is 3.69. The average molecular weight is 666 g/mol. The van der Waals surface area contributed by atoms with Crippen molar-refractivity contribution in [2.45, 2.75) is 61.5 Å². The predicted molar refractivity (Wildman–Crippen MR) is 160 cm³/mol. The van der Waals surface area contributed by atoms with Crippen LogP contribution < -0.4 is 5.32 Å². The van der Waals surface area contributed by atoms with Crippen molar-refractivity contribution < 1.29 is 36.9 Å². The summed E-state index contributed by atoms with van der Waals surface area (Å²) in [5, 5.41) is 15.5. The van der Waals surface area contributed by atoms with E-state index in [0.717, 1.165) is 12.0 Å². The molecule has 0 aliphatic carbocycles. The molecular weight excluding hydrogens is 628 g/mol. The number of aliphatic hydroxyl groups is 1. The predicted octanol–water partition coefficient (Wildman–Crippen LogP) is 4.43. The largest absolute Gasteiger partial charge is 0.460 e. The van der Waals surface area contributed by atoms with Gasteiger partial charge < -0.3 is 29.1 Å². The van der Waals surface area contributed by atoms with Crippen molar-refractivity contribution in [2.24, 2.45) is 11.8 Å². The van der Waals surface area contributed by atoms with Crippen LogP contribution in [0.2, 0.25) is 0 Å². The van der Waals surface area contributed by atoms with E-state index in [1.807, 2.05) is 44.2 Å². The van der Waals surface area contributed by atoms with Gasteiger partial charge in [0.1, 0.15) is 17.4 Å². The van der Waals surface area contributed by atoms with Gasteiger partial charge in [0.2, 0.25) is 10.0 Å². The van der Waals surface area contributed by atoms with Crippen molar-refractivity contribution in [3.8, 4) is 0 Å². The molecule has 12 heteroatoms. The van der Waals surface area contributed by atoms with Gasteiger partial charge in [-0.2, -0.15) is 4.31 Å². The van der Waals surface area contributed by atoms with Crippen LogP contribution in [-0.4, -0.2) is 74.8 Å². The van der Waals surface area contributed by atoms with Crippen LogP contribution in [0.1, 0.15) is 31.6 Å². The fourth-order valence-electron chi connectivity index (χ4n) is 5.49. The maximum absolute atomic E-state index is 13.9. The van der Waals surface area contributed by atoms with Gasteiger partial charge in [-0.25, -0.2) is 13.2 Å². The molecule has 42 heavy (non-hydrogen) atoms. The highest BCUT2D eigenvalue weighted by Gasteiger charge is 2.44. The monoisotopic (exact) mass is 664 g/mol. The third-order valence-electron chi connectivity index (χ3n) is 7.58. The lowest BCUT2D eigenvalue weighted by Crippen LogP contribution is -2.51. The van der Waals surface area contributed by atoms with E-state index < -0.39 is 34.4 Å². The summed E-state index contributed by atoms with van der Waals surface area (Å²) in [5.74, 6) is 0.646. The Morgan fingerprint density at radius 2 is 1.93 bits per heavy atom. The smallest absolute Gasteiger partial charge is 0.407 e. The van der Waals surface area contributed by atoms with Gasteiger partial charge >= 0.3 is 6.09 Å². The Morgan fingerprint density at radius 3 is 2.67 bits per heavy atom. The van der Waals surface area contributed by atoms with E-state index in [9.17, 15) is 18.3 Å². The molecule has 1 aromatic heterocycles. The van der Waals surface area contributed by atoms with Crippen molar-refractivity contribution in [2.75, 3.05) is 26.3 Å². The van der Waals surface area contributed by atoms with Crippen LogP contribution in [0.5, 0.6) is 0 Å². The first-order valence-electron chi connectivity index (χ1n) is 14.1. The number of benzene rings is 2. The number of nitrogens with zero attached hydrogens (tertiary/aromatic N) is 1.